The summed E-state index contributed by atoms with van der Waals surface area (Å²) < 4.78 is 23.7. The summed E-state index contributed by atoms with van der Waals surface area (Å²) in [7, 11) is 0. The molecule has 3 N–H and O–H groups in total. The zero-order chi connectivity index (χ0) is 34.9. The Kier molecular flexibility index (Phi) is 14.1. The maximum atomic E-state index is 13.2. The van der Waals surface area contributed by atoms with Crippen LogP contribution in [0.5, 0.6) is 0 Å². The maximum Gasteiger partial charge on any atom is 0.410 e. The third kappa shape index (κ3) is 11.7. The molecule has 0 aliphatic carbocycles. The first-order valence-electron chi connectivity index (χ1n) is 17.2. The van der Waals surface area contributed by atoms with Crippen molar-refractivity contribution in [2.45, 2.75) is 129 Å². The molecule has 0 radical (unpaired) electrons. The molecular formula is C36H58N2O9. The number of aliphatic hydroxyl groups excluding tert-OH is 1. The van der Waals surface area contributed by atoms with Gasteiger partial charge in [0.15, 0.2) is 6.10 Å². The van der Waals surface area contributed by atoms with Gasteiger partial charge >= 0.3 is 18.0 Å². The highest BCUT2D eigenvalue weighted by molar-refractivity contribution is 5.70. The summed E-state index contributed by atoms with van der Waals surface area (Å²) in [6.07, 6.45) is 8.43. The Labute approximate surface area is 280 Å². The van der Waals surface area contributed by atoms with E-state index < -0.39 is 41.6 Å². The number of allylic oxidation sites excluding steroid dienone is 2. The van der Waals surface area contributed by atoms with Gasteiger partial charge in [0.25, 0.3) is 0 Å². The lowest BCUT2D eigenvalue weighted by atomic mass is 9.86. The quantitative estimate of drug-likeness (QED) is 0.101. The molecule has 0 aromatic heterocycles. The maximum absolute atomic E-state index is 13.2. The van der Waals surface area contributed by atoms with Gasteiger partial charge in [-0.05, 0) is 57.6 Å². The van der Waals surface area contributed by atoms with Crippen molar-refractivity contribution < 1.29 is 43.5 Å². The van der Waals surface area contributed by atoms with E-state index in [-0.39, 0.29) is 42.4 Å². The molecule has 0 aromatic carbocycles. The first-order valence-corrected chi connectivity index (χ1v) is 17.2. The Morgan fingerprint density at radius 1 is 1.23 bits per heavy atom. The number of rotatable bonds is 10. The summed E-state index contributed by atoms with van der Waals surface area (Å²) in [5.41, 5.74) is -1.52. The van der Waals surface area contributed by atoms with Crippen molar-refractivity contribution in [1.29, 1.82) is 0 Å². The second-order valence-corrected chi connectivity index (χ2v) is 14.3. The molecule has 10 atom stereocenters. The number of esters is 2. The Hall–Kier alpha value is -2.73. The molecule has 2 saturated heterocycles. The van der Waals surface area contributed by atoms with Gasteiger partial charge in [0.1, 0.15) is 11.7 Å². The third-order valence-corrected chi connectivity index (χ3v) is 9.60. The van der Waals surface area contributed by atoms with Gasteiger partial charge in [0.2, 0.25) is 0 Å². The molecule has 0 spiro atoms. The number of aliphatic hydroxyl groups is 2. The van der Waals surface area contributed by atoms with Gasteiger partial charge in [0.05, 0.1) is 23.9 Å². The summed E-state index contributed by atoms with van der Waals surface area (Å²) in [4.78, 5) is 40.2. The number of amides is 1. The number of hydrogen-bond donors (Lipinski definition) is 3. The minimum Gasteiger partial charge on any atom is -0.457 e. The number of carbonyl (C=O) groups excluding carboxylic acids is 3. The predicted octanol–water partition coefficient (Wildman–Crippen LogP) is 4.46. The average molecular weight is 663 g/mol. The van der Waals surface area contributed by atoms with Crippen molar-refractivity contribution in [1.82, 2.24) is 10.2 Å². The lowest BCUT2D eigenvalue weighted by molar-refractivity contribution is -0.167. The van der Waals surface area contributed by atoms with Crippen LogP contribution in [0.25, 0.3) is 0 Å². The minimum atomic E-state index is -1.14. The van der Waals surface area contributed by atoms with E-state index in [1.807, 2.05) is 46.8 Å². The first kappa shape index (κ1) is 38.7. The first-order chi connectivity index (χ1) is 22.0. The molecule has 47 heavy (non-hydrogen) atoms. The molecular weight excluding hydrogens is 604 g/mol. The molecule has 11 nitrogen and oxygen atoms in total. The molecule has 3 aliphatic heterocycles. The van der Waals surface area contributed by atoms with Crippen LogP contribution in [0.15, 0.2) is 36.0 Å². The van der Waals surface area contributed by atoms with Crippen LogP contribution in [-0.2, 0) is 28.5 Å². The third-order valence-electron chi connectivity index (χ3n) is 9.60. The van der Waals surface area contributed by atoms with Crippen molar-refractivity contribution >= 4 is 18.0 Å². The van der Waals surface area contributed by atoms with Gasteiger partial charge in [-0.1, -0.05) is 52.0 Å². The summed E-state index contributed by atoms with van der Waals surface area (Å²) in [5, 5.41) is 24.4. The highest BCUT2D eigenvalue weighted by Crippen LogP contribution is 2.38. The standard InChI is InChI=1S/C36H58N2O9/c1-9-28(40)26(5)33-29(44-33)22-35(7,43)15-10-11-24(3)32-25(4)12-13-30(45-34(42)38-19-17-37-18-20-38)36(8,47-27(6)39)16-14-23(2)21-31(41)46-32/h10-13,15,23,25-26,28-30,32-33,37,40,43H,9,14,16-22H2,1-8H3/b13-12+,15-10+,24-11+/t23-,25+,26-,28+,29-,30+,32-,33-,35+,36-/m1/s1. The number of nitrogens with one attached hydrogen (secondary N) is 1. The fourth-order valence-corrected chi connectivity index (χ4v) is 6.43. The number of nitrogens with zero attached hydrogens (tertiary/aromatic N) is 1. The second kappa shape index (κ2) is 17.1. The molecule has 0 bridgehead atoms. The van der Waals surface area contributed by atoms with Crippen LogP contribution in [0.1, 0.15) is 87.5 Å². The van der Waals surface area contributed by atoms with Crippen LogP contribution in [0.3, 0.4) is 0 Å². The van der Waals surface area contributed by atoms with Crippen molar-refractivity contribution in [3.05, 3.63) is 36.0 Å². The zero-order valence-corrected chi connectivity index (χ0v) is 29.6. The average Bonchev–Trinajstić information content (AvgIpc) is 3.77. The fourth-order valence-electron chi connectivity index (χ4n) is 6.43. The topological polar surface area (TPSA) is 147 Å². The van der Waals surface area contributed by atoms with Gasteiger partial charge in [-0.25, -0.2) is 4.79 Å². The SMILES string of the molecule is CC[C@H](O)[C@@H](C)[C@H]1O[C@@H]1C[C@@](C)(O)/C=C/C=C(\C)[C@H]1OC(=O)C[C@H](C)CC[C@@](C)(OC(C)=O)[C@@H](OC(=O)N2CCNCC2)/C=C/[C@@H]1C. The van der Waals surface area contributed by atoms with Crippen LogP contribution in [0, 0.1) is 17.8 Å². The Morgan fingerprint density at radius 2 is 1.91 bits per heavy atom. The number of hydrogen-bond acceptors (Lipinski definition) is 10. The van der Waals surface area contributed by atoms with Gasteiger partial charge in [-0.2, -0.15) is 0 Å². The molecule has 3 aliphatic rings. The summed E-state index contributed by atoms with van der Waals surface area (Å²) in [5.74, 6) is -1.21. The lowest BCUT2D eigenvalue weighted by Crippen LogP contribution is -2.51. The van der Waals surface area contributed by atoms with E-state index in [9.17, 15) is 24.6 Å². The number of ether oxygens (including phenoxy) is 4. The van der Waals surface area contributed by atoms with E-state index in [1.165, 1.54) is 6.92 Å². The normalized spacial score (nSPS) is 34.2. The Bertz CT molecular complexity index is 1160. The highest BCUT2D eigenvalue weighted by Gasteiger charge is 2.47. The number of epoxide rings is 1. The van der Waals surface area contributed by atoms with Crippen LogP contribution in [0.2, 0.25) is 0 Å². The zero-order valence-electron chi connectivity index (χ0n) is 29.6. The van der Waals surface area contributed by atoms with Crippen molar-refractivity contribution in [3.8, 4) is 0 Å². The van der Waals surface area contributed by atoms with Crippen LogP contribution in [0.4, 0.5) is 4.79 Å². The molecule has 0 unspecified atom stereocenters. The van der Waals surface area contributed by atoms with Gasteiger partial charge in [-0.3, -0.25) is 9.59 Å². The monoisotopic (exact) mass is 662 g/mol. The second-order valence-electron chi connectivity index (χ2n) is 14.3. The summed E-state index contributed by atoms with van der Waals surface area (Å²) in [6.45, 7) is 16.8. The van der Waals surface area contributed by atoms with Crippen LogP contribution >= 0.6 is 0 Å². The fraction of sp³-hybridized carbons (Fsp3) is 0.750. The molecule has 3 heterocycles. The number of cyclic esters (lactones) is 1. The number of carbonyl (C=O) groups is 3. The van der Waals surface area contributed by atoms with Crippen molar-refractivity contribution in [2.24, 2.45) is 17.8 Å². The molecule has 11 heteroatoms. The van der Waals surface area contributed by atoms with Gasteiger partial charge < -0.3 is 39.4 Å². The molecule has 1 amide bonds. The van der Waals surface area contributed by atoms with Crippen LogP contribution in [-0.4, -0.2) is 101 Å². The minimum absolute atomic E-state index is 0.00274. The molecule has 2 fully saturated rings. The number of piperazine rings is 1. The van der Waals surface area contributed by atoms with E-state index >= 15 is 0 Å². The van der Waals surface area contributed by atoms with Gasteiger partial charge in [0, 0.05) is 57.8 Å². The molecule has 266 valence electrons. The van der Waals surface area contributed by atoms with E-state index in [1.54, 1.807) is 37.0 Å². The smallest absolute Gasteiger partial charge is 0.410 e. The Morgan fingerprint density at radius 3 is 2.55 bits per heavy atom. The summed E-state index contributed by atoms with van der Waals surface area (Å²) in [6, 6.07) is 0. The Balaban J connectivity index is 1.82. The van der Waals surface area contributed by atoms with Gasteiger partial charge in [-0.15, -0.1) is 0 Å². The molecule has 0 saturated carbocycles. The largest absolute Gasteiger partial charge is 0.457 e. The van der Waals surface area contributed by atoms with E-state index in [0.717, 1.165) is 5.57 Å². The highest BCUT2D eigenvalue weighted by atomic mass is 16.6. The lowest BCUT2D eigenvalue weighted by Gasteiger charge is -2.37. The van der Waals surface area contributed by atoms with E-state index in [4.69, 9.17) is 18.9 Å². The summed E-state index contributed by atoms with van der Waals surface area (Å²) >= 11 is 0. The van der Waals surface area contributed by atoms with Crippen LogP contribution < -0.4 is 5.32 Å². The predicted molar refractivity (Wildman–Crippen MR) is 178 cm³/mol. The molecule has 3 rings (SSSR count). The van der Waals surface area contributed by atoms with Crippen molar-refractivity contribution in [3.63, 3.8) is 0 Å². The van der Waals surface area contributed by atoms with E-state index in [2.05, 4.69) is 5.32 Å². The molecule has 0 aromatic rings. The van der Waals surface area contributed by atoms with E-state index in [0.29, 0.717) is 51.9 Å². The van der Waals surface area contributed by atoms with Crippen molar-refractivity contribution in [2.75, 3.05) is 26.2 Å².